The quantitative estimate of drug-likeness (QED) is 0.761. The number of hydrogen-bond donors (Lipinski definition) is 1. The molecule has 1 fully saturated rings. The second kappa shape index (κ2) is 6.88. The molecule has 1 aliphatic rings. The molecule has 1 N–H and O–H groups in total. The van der Waals surface area contributed by atoms with E-state index < -0.39 is 5.41 Å². The van der Waals surface area contributed by atoms with Crippen LogP contribution in [-0.4, -0.2) is 25.7 Å². The van der Waals surface area contributed by atoms with Crippen LogP contribution < -0.4 is 5.32 Å². The molecule has 26 heavy (non-hydrogen) atoms. The number of amides is 1. The van der Waals surface area contributed by atoms with Crippen LogP contribution in [0.15, 0.2) is 55.2 Å². The number of rotatable bonds is 4. The zero-order valence-corrected chi connectivity index (χ0v) is 14.9. The topological polar surface area (TPSA) is 72.7 Å². The third-order valence-corrected chi connectivity index (χ3v) is 5.16. The Kier molecular flexibility index (Phi) is 4.42. The van der Waals surface area contributed by atoms with Crippen LogP contribution in [0.2, 0.25) is 5.02 Å². The summed E-state index contributed by atoms with van der Waals surface area (Å²) in [6.45, 7) is 0. The van der Waals surface area contributed by atoms with Gasteiger partial charge in [0.25, 0.3) is 0 Å². The predicted octanol–water partition coefficient (Wildman–Crippen LogP) is 3.77. The third-order valence-electron chi connectivity index (χ3n) is 4.93. The maximum Gasteiger partial charge on any atom is 0.235 e. The molecule has 0 bridgehead atoms. The molecule has 7 heteroatoms. The summed E-state index contributed by atoms with van der Waals surface area (Å²) in [5.74, 6) is 0.637. The second-order valence-electron chi connectivity index (χ2n) is 6.50. The minimum Gasteiger partial charge on any atom is -0.324 e. The van der Waals surface area contributed by atoms with Crippen molar-refractivity contribution in [3.8, 4) is 5.82 Å². The normalized spacial score (nSPS) is 15.7. The Hall–Kier alpha value is -2.73. The van der Waals surface area contributed by atoms with Crippen LogP contribution in [0, 0.1) is 0 Å². The van der Waals surface area contributed by atoms with Gasteiger partial charge in [0.05, 0.1) is 17.3 Å². The zero-order valence-electron chi connectivity index (χ0n) is 14.1. The Morgan fingerprint density at radius 3 is 2.69 bits per heavy atom. The van der Waals surface area contributed by atoms with E-state index in [1.807, 2.05) is 30.3 Å². The molecule has 1 aliphatic carbocycles. The summed E-state index contributed by atoms with van der Waals surface area (Å²) in [4.78, 5) is 21.4. The lowest BCUT2D eigenvalue weighted by Crippen LogP contribution is -2.38. The van der Waals surface area contributed by atoms with E-state index in [0.29, 0.717) is 16.5 Å². The van der Waals surface area contributed by atoms with Crippen molar-refractivity contribution in [2.75, 3.05) is 5.32 Å². The average molecular weight is 368 g/mol. The fourth-order valence-corrected chi connectivity index (χ4v) is 3.77. The molecular weight excluding hydrogens is 350 g/mol. The monoisotopic (exact) mass is 367 g/mol. The van der Waals surface area contributed by atoms with Crippen LogP contribution in [0.5, 0.6) is 0 Å². The van der Waals surface area contributed by atoms with Crippen LogP contribution in [0.25, 0.3) is 5.82 Å². The number of benzene rings is 1. The van der Waals surface area contributed by atoms with E-state index in [0.717, 1.165) is 31.2 Å². The standard InChI is InChI=1S/C19H18ClN5O/c20-15-5-3-4-14(10-15)19(8-1-2-9-19)18(26)24-16-6-7-17(22-11-16)25-13-21-12-23-25/h3-7,10-13H,1-2,8-9H2,(H,24,26). The van der Waals surface area contributed by atoms with Gasteiger partial charge in [-0.25, -0.2) is 14.6 Å². The van der Waals surface area contributed by atoms with Crippen LogP contribution in [0.4, 0.5) is 5.69 Å². The highest BCUT2D eigenvalue weighted by atomic mass is 35.5. The number of pyridine rings is 1. The molecule has 132 valence electrons. The molecule has 0 spiro atoms. The summed E-state index contributed by atoms with van der Waals surface area (Å²) in [5.41, 5.74) is 1.11. The largest absolute Gasteiger partial charge is 0.324 e. The number of hydrogen-bond acceptors (Lipinski definition) is 4. The van der Waals surface area contributed by atoms with E-state index >= 15 is 0 Å². The van der Waals surface area contributed by atoms with Crippen LogP contribution >= 0.6 is 11.6 Å². The van der Waals surface area contributed by atoms with Gasteiger partial charge >= 0.3 is 0 Å². The predicted molar refractivity (Wildman–Crippen MR) is 99.4 cm³/mol. The van der Waals surface area contributed by atoms with Gasteiger partial charge in [0.2, 0.25) is 5.91 Å². The number of carbonyl (C=O) groups is 1. The molecule has 6 nitrogen and oxygen atoms in total. The highest BCUT2D eigenvalue weighted by Gasteiger charge is 2.42. The Morgan fingerprint density at radius 1 is 1.19 bits per heavy atom. The van der Waals surface area contributed by atoms with Crippen LogP contribution in [0.1, 0.15) is 31.2 Å². The first-order chi connectivity index (χ1) is 12.7. The molecule has 1 aromatic carbocycles. The van der Waals surface area contributed by atoms with E-state index in [4.69, 9.17) is 11.6 Å². The Morgan fingerprint density at radius 2 is 2.04 bits per heavy atom. The first kappa shape index (κ1) is 16.7. The van der Waals surface area contributed by atoms with Gasteiger partial charge in [0, 0.05) is 5.02 Å². The van der Waals surface area contributed by atoms with E-state index in [1.165, 1.54) is 6.33 Å². The summed E-state index contributed by atoms with van der Waals surface area (Å²) >= 11 is 6.16. The lowest BCUT2D eigenvalue weighted by Gasteiger charge is -2.28. The van der Waals surface area contributed by atoms with Crippen molar-refractivity contribution < 1.29 is 4.79 Å². The highest BCUT2D eigenvalue weighted by molar-refractivity contribution is 6.30. The SMILES string of the molecule is O=C(Nc1ccc(-n2cncn2)nc1)C1(c2cccc(Cl)c2)CCCC1. The summed E-state index contributed by atoms with van der Waals surface area (Å²) in [7, 11) is 0. The first-order valence-electron chi connectivity index (χ1n) is 8.56. The van der Waals surface area contributed by atoms with E-state index in [2.05, 4.69) is 20.4 Å². The van der Waals surface area contributed by atoms with Crippen molar-refractivity contribution in [1.29, 1.82) is 0 Å². The molecule has 0 aliphatic heterocycles. The number of nitrogens with one attached hydrogen (secondary N) is 1. The van der Waals surface area contributed by atoms with Gasteiger partial charge in [-0.2, -0.15) is 5.10 Å². The van der Waals surface area contributed by atoms with Crippen LogP contribution in [-0.2, 0) is 10.2 Å². The highest BCUT2D eigenvalue weighted by Crippen LogP contribution is 2.42. The van der Waals surface area contributed by atoms with Crippen molar-refractivity contribution in [2.24, 2.45) is 0 Å². The molecule has 3 aromatic rings. The van der Waals surface area contributed by atoms with Gasteiger partial charge in [-0.05, 0) is 42.7 Å². The lowest BCUT2D eigenvalue weighted by molar-refractivity contribution is -0.121. The number of anilines is 1. The lowest BCUT2D eigenvalue weighted by atomic mass is 9.78. The first-order valence-corrected chi connectivity index (χ1v) is 8.94. The van der Waals surface area contributed by atoms with Gasteiger partial charge in [-0.1, -0.05) is 36.6 Å². The van der Waals surface area contributed by atoms with Crippen molar-refractivity contribution in [3.63, 3.8) is 0 Å². The number of nitrogens with zero attached hydrogens (tertiary/aromatic N) is 4. The molecule has 0 unspecified atom stereocenters. The number of halogens is 1. The van der Waals surface area contributed by atoms with Gasteiger partial charge in [-0.15, -0.1) is 0 Å². The minimum absolute atomic E-state index is 0.00688. The zero-order chi connectivity index (χ0) is 18.0. The Bertz CT molecular complexity index is 902. The third kappa shape index (κ3) is 3.08. The summed E-state index contributed by atoms with van der Waals surface area (Å²) in [5, 5.41) is 7.72. The number of aromatic nitrogens is 4. The summed E-state index contributed by atoms with van der Waals surface area (Å²) < 4.78 is 1.57. The fraction of sp³-hybridized carbons (Fsp3) is 0.263. The van der Waals surface area contributed by atoms with Crippen molar-refractivity contribution in [2.45, 2.75) is 31.1 Å². The van der Waals surface area contributed by atoms with Gasteiger partial charge < -0.3 is 5.32 Å². The number of carbonyl (C=O) groups excluding carboxylic acids is 1. The van der Waals surface area contributed by atoms with Crippen molar-refractivity contribution in [3.05, 3.63) is 65.8 Å². The molecule has 0 saturated heterocycles. The maximum absolute atomic E-state index is 13.2. The maximum atomic E-state index is 13.2. The average Bonchev–Trinajstić information content (AvgIpc) is 3.35. The van der Waals surface area contributed by atoms with Crippen molar-refractivity contribution in [1.82, 2.24) is 19.7 Å². The summed E-state index contributed by atoms with van der Waals surface area (Å²) in [6.07, 6.45) is 8.37. The molecule has 0 atom stereocenters. The van der Waals surface area contributed by atoms with E-state index in [-0.39, 0.29) is 5.91 Å². The molecular formula is C19H18ClN5O. The smallest absolute Gasteiger partial charge is 0.235 e. The van der Waals surface area contributed by atoms with Crippen LogP contribution in [0.3, 0.4) is 0 Å². The fourth-order valence-electron chi connectivity index (χ4n) is 3.58. The minimum atomic E-state index is -0.532. The van der Waals surface area contributed by atoms with Gasteiger partial charge in [-0.3, -0.25) is 4.79 Å². The van der Waals surface area contributed by atoms with Gasteiger partial charge in [0.15, 0.2) is 5.82 Å². The van der Waals surface area contributed by atoms with Gasteiger partial charge in [0.1, 0.15) is 12.7 Å². The second-order valence-corrected chi connectivity index (χ2v) is 6.94. The molecule has 4 rings (SSSR count). The summed E-state index contributed by atoms with van der Waals surface area (Å²) in [6, 6.07) is 11.2. The molecule has 2 aromatic heterocycles. The van der Waals surface area contributed by atoms with E-state index in [1.54, 1.807) is 23.3 Å². The molecule has 2 heterocycles. The Balaban J connectivity index is 1.57. The molecule has 1 amide bonds. The molecule has 1 saturated carbocycles. The van der Waals surface area contributed by atoms with E-state index in [9.17, 15) is 4.79 Å². The Labute approximate surface area is 156 Å². The molecule has 0 radical (unpaired) electrons. The van der Waals surface area contributed by atoms with Crippen molar-refractivity contribution >= 4 is 23.2 Å².